The molecule has 0 bridgehead atoms. The smallest absolute Gasteiger partial charge is 0.193 e. The topological polar surface area (TPSA) is 9.23 Å². The van der Waals surface area contributed by atoms with Gasteiger partial charge in [0.25, 0.3) is 0 Å². The average molecular weight is 224 g/mol. The molecule has 0 heterocycles. The van der Waals surface area contributed by atoms with Crippen molar-refractivity contribution in [3.63, 3.8) is 0 Å². The van der Waals surface area contributed by atoms with Crippen molar-refractivity contribution in [3.8, 4) is 12.3 Å². The Kier molecular flexibility index (Phi) is 3.68. The largest absolute Gasteiger partial charge is 0.403 e. The van der Waals surface area contributed by atoms with Crippen LogP contribution in [0.15, 0.2) is 0 Å². The molecule has 0 spiro atoms. The SMILES string of the molecule is C#CC(O[Si](C)(C)C(C)(C)C)C1CCC1. The van der Waals surface area contributed by atoms with Crippen molar-refractivity contribution in [1.82, 2.24) is 0 Å². The predicted octanol–water partition coefficient (Wildman–Crippen LogP) is 3.81. The first kappa shape index (κ1) is 12.8. The van der Waals surface area contributed by atoms with E-state index in [-0.39, 0.29) is 11.1 Å². The zero-order valence-corrected chi connectivity index (χ0v) is 11.8. The Labute approximate surface area is 95.7 Å². The van der Waals surface area contributed by atoms with E-state index in [1.54, 1.807) is 0 Å². The Bertz CT molecular complexity index is 253. The van der Waals surface area contributed by atoms with Crippen molar-refractivity contribution >= 4 is 8.32 Å². The van der Waals surface area contributed by atoms with Crippen molar-refractivity contribution in [2.75, 3.05) is 0 Å². The minimum Gasteiger partial charge on any atom is -0.403 e. The quantitative estimate of drug-likeness (QED) is 0.523. The minimum absolute atomic E-state index is 0.0691. The van der Waals surface area contributed by atoms with Crippen LogP contribution in [-0.2, 0) is 4.43 Å². The average Bonchev–Trinajstić information content (AvgIpc) is 1.97. The summed E-state index contributed by atoms with van der Waals surface area (Å²) < 4.78 is 6.26. The van der Waals surface area contributed by atoms with Crippen LogP contribution in [0.2, 0.25) is 18.1 Å². The summed E-state index contributed by atoms with van der Waals surface area (Å²) in [6.45, 7) is 11.3. The van der Waals surface area contributed by atoms with Crippen LogP contribution < -0.4 is 0 Å². The van der Waals surface area contributed by atoms with Crippen LogP contribution in [0, 0.1) is 18.3 Å². The molecule has 0 aromatic carbocycles. The lowest BCUT2D eigenvalue weighted by atomic mass is 9.81. The molecule has 0 N–H and O–H groups in total. The fourth-order valence-electron chi connectivity index (χ4n) is 1.50. The van der Waals surface area contributed by atoms with Crippen LogP contribution in [0.5, 0.6) is 0 Å². The van der Waals surface area contributed by atoms with E-state index in [1.807, 2.05) is 0 Å². The summed E-state index contributed by atoms with van der Waals surface area (Å²) in [7, 11) is -1.68. The van der Waals surface area contributed by atoms with E-state index >= 15 is 0 Å². The zero-order valence-electron chi connectivity index (χ0n) is 10.8. The Hall–Kier alpha value is -0.263. The molecule has 0 aromatic heterocycles. The second kappa shape index (κ2) is 4.31. The van der Waals surface area contributed by atoms with Gasteiger partial charge in [0.15, 0.2) is 8.32 Å². The molecule has 0 aliphatic heterocycles. The first-order chi connectivity index (χ1) is 6.78. The van der Waals surface area contributed by atoms with Gasteiger partial charge in [0.2, 0.25) is 0 Å². The van der Waals surface area contributed by atoms with E-state index in [9.17, 15) is 0 Å². The molecule has 0 radical (unpaired) electrons. The third-order valence-electron chi connectivity index (χ3n) is 3.97. The number of terminal acetylenes is 1. The molecule has 0 aromatic rings. The third-order valence-corrected chi connectivity index (χ3v) is 8.43. The van der Waals surface area contributed by atoms with Crippen molar-refractivity contribution in [1.29, 1.82) is 0 Å². The fourth-order valence-corrected chi connectivity index (χ4v) is 2.75. The zero-order chi connectivity index (χ0) is 11.7. The van der Waals surface area contributed by atoms with Crippen LogP contribution in [0.25, 0.3) is 0 Å². The second-order valence-corrected chi connectivity index (χ2v) is 10.9. The first-order valence-electron chi connectivity index (χ1n) is 5.92. The Morgan fingerprint density at radius 2 is 1.87 bits per heavy atom. The van der Waals surface area contributed by atoms with Crippen LogP contribution in [0.1, 0.15) is 40.0 Å². The molecule has 1 rings (SSSR count). The summed E-state index contributed by atoms with van der Waals surface area (Å²) in [5, 5.41) is 0.256. The maximum absolute atomic E-state index is 6.26. The van der Waals surface area contributed by atoms with E-state index in [1.165, 1.54) is 19.3 Å². The molecule has 1 aliphatic carbocycles. The lowest BCUT2D eigenvalue weighted by Gasteiger charge is -2.41. The molecule has 1 unspecified atom stereocenters. The number of hydrogen-bond acceptors (Lipinski definition) is 1. The lowest BCUT2D eigenvalue weighted by molar-refractivity contribution is 0.115. The molecule has 0 amide bonds. The lowest BCUT2D eigenvalue weighted by Crippen LogP contribution is -2.46. The monoisotopic (exact) mass is 224 g/mol. The van der Waals surface area contributed by atoms with Crippen LogP contribution >= 0.6 is 0 Å². The van der Waals surface area contributed by atoms with Gasteiger partial charge in [-0.3, -0.25) is 0 Å². The maximum Gasteiger partial charge on any atom is 0.193 e. The highest BCUT2D eigenvalue weighted by atomic mass is 28.4. The van der Waals surface area contributed by atoms with Gasteiger partial charge in [-0.2, -0.15) is 0 Å². The molecule has 86 valence electrons. The van der Waals surface area contributed by atoms with Gasteiger partial charge in [-0.05, 0) is 36.9 Å². The normalized spacial score (nSPS) is 20.5. The molecular weight excluding hydrogens is 200 g/mol. The van der Waals surface area contributed by atoms with Crippen LogP contribution in [-0.4, -0.2) is 14.4 Å². The van der Waals surface area contributed by atoms with E-state index in [0.29, 0.717) is 5.92 Å². The molecule has 15 heavy (non-hydrogen) atoms. The van der Waals surface area contributed by atoms with Gasteiger partial charge in [-0.1, -0.05) is 33.1 Å². The van der Waals surface area contributed by atoms with Crippen LogP contribution in [0.4, 0.5) is 0 Å². The molecule has 2 heteroatoms. The van der Waals surface area contributed by atoms with Crippen molar-refractivity contribution < 1.29 is 4.43 Å². The Morgan fingerprint density at radius 1 is 1.33 bits per heavy atom. The second-order valence-electron chi connectivity index (χ2n) is 6.16. The van der Waals surface area contributed by atoms with Crippen molar-refractivity contribution in [3.05, 3.63) is 0 Å². The third kappa shape index (κ3) is 2.86. The highest BCUT2D eigenvalue weighted by molar-refractivity contribution is 6.74. The van der Waals surface area contributed by atoms with Crippen LogP contribution in [0.3, 0.4) is 0 Å². The highest BCUT2D eigenvalue weighted by Gasteiger charge is 2.41. The standard InChI is InChI=1S/C13H24OSi/c1-7-12(11-9-8-10-11)14-15(5,6)13(2,3)4/h1,11-12H,8-10H2,2-6H3. The summed E-state index contributed by atoms with van der Waals surface area (Å²) in [4.78, 5) is 0. The molecule has 1 aliphatic rings. The van der Waals surface area contributed by atoms with Gasteiger partial charge in [0.1, 0.15) is 6.10 Å². The molecule has 1 saturated carbocycles. The van der Waals surface area contributed by atoms with Gasteiger partial charge < -0.3 is 4.43 Å². The number of rotatable bonds is 3. The van der Waals surface area contributed by atoms with E-state index < -0.39 is 8.32 Å². The summed E-state index contributed by atoms with van der Waals surface area (Å²) in [5.74, 6) is 3.47. The highest BCUT2D eigenvalue weighted by Crippen LogP contribution is 2.40. The first-order valence-corrected chi connectivity index (χ1v) is 8.83. The molecular formula is C13H24OSi. The number of hydrogen-bond donors (Lipinski definition) is 0. The maximum atomic E-state index is 6.26. The Morgan fingerprint density at radius 3 is 2.13 bits per heavy atom. The Balaban J connectivity index is 2.62. The van der Waals surface area contributed by atoms with Gasteiger partial charge in [-0.15, -0.1) is 6.42 Å². The summed E-state index contributed by atoms with van der Waals surface area (Å²) >= 11 is 0. The molecule has 1 atom stereocenters. The van der Waals surface area contributed by atoms with Gasteiger partial charge in [-0.25, -0.2) is 0 Å². The van der Waals surface area contributed by atoms with E-state index in [0.717, 1.165) is 0 Å². The molecule has 0 saturated heterocycles. The van der Waals surface area contributed by atoms with Gasteiger partial charge >= 0.3 is 0 Å². The van der Waals surface area contributed by atoms with E-state index in [2.05, 4.69) is 39.8 Å². The fraction of sp³-hybridized carbons (Fsp3) is 0.846. The minimum atomic E-state index is -1.68. The summed E-state index contributed by atoms with van der Waals surface area (Å²) in [5.41, 5.74) is 0. The van der Waals surface area contributed by atoms with Crippen molar-refractivity contribution in [2.45, 2.75) is 64.3 Å². The molecule has 1 nitrogen and oxygen atoms in total. The summed E-state index contributed by atoms with van der Waals surface area (Å²) in [6.07, 6.45) is 9.48. The predicted molar refractivity (Wildman–Crippen MR) is 68.2 cm³/mol. The summed E-state index contributed by atoms with van der Waals surface area (Å²) in [6, 6.07) is 0. The van der Waals surface area contributed by atoms with Crippen molar-refractivity contribution in [2.24, 2.45) is 5.92 Å². The van der Waals surface area contributed by atoms with Gasteiger partial charge in [0, 0.05) is 0 Å². The molecule has 1 fully saturated rings. The van der Waals surface area contributed by atoms with Gasteiger partial charge in [0.05, 0.1) is 0 Å². The van der Waals surface area contributed by atoms with E-state index in [4.69, 9.17) is 10.8 Å².